The maximum Gasteiger partial charge on any atom is 0.410 e. The Labute approximate surface area is 140 Å². The molecule has 2 rings (SSSR count). The van der Waals surface area contributed by atoms with E-state index < -0.39 is 24.9 Å². The third-order valence-electron chi connectivity index (χ3n) is 3.65. The van der Waals surface area contributed by atoms with E-state index in [0.717, 1.165) is 5.56 Å². The van der Waals surface area contributed by atoms with Crippen LogP contribution in [0.15, 0.2) is 16.8 Å². The van der Waals surface area contributed by atoms with Crippen molar-refractivity contribution in [2.24, 2.45) is 0 Å². The molecule has 3 unspecified atom stereocenters. The molecule has 1 amide bonds. The summed E-state index contributed by atoms with van der Waals surface area (Å²) in [6.07, 6.45) is -0.461. The lowest BCUT2D eigenvalue weighted by Crippen LogP contribution is -2.35. The minimum atomic E-state index is -3.81. The van der Waals surface area contributed by atoms with E-state index in [1.165, 1.54) is 16.2 Å². The molecule has 1 aromatic rings. The molecule has 0 saturated carbocycles. The van der Waals surface area contributed by atoms with Gasteiger partial charge in [-0.15, -0.1) is 0 Å². The first-order chi connectivity index (χ1) is 10.6. The molecule has 1 saturated heterocycles. The number of nitrogens with zero attached hydrogens (tertiary/aromatic N) is 1. The predicted octanol–water partition coefficient (Wildman–Crippen LogP) is 3.67. The standard InChI is InChI=1S/C15H24NO5PS/c1-5-20-22(18,19)13-9-16(14(17)21-15(2,3)4)8-12(13)11-6-7-23-10-11/h6-7,10,12-13H,5,8-9H2,1-4H3,(H,18,19). The SMILES string of the molecule is CCOP(=O)(O)C1CN(C(=O)OC(C)(C)C)CC1c1ccsc1. The Hall–Kier alpha value is -0.880. The summed E-state index contributed by atoms with van der Waals surface area (Å²) < 4.78 is 23.0. The zero-order chi connectivity index (χ0) is 17.3. The molecule has 1 aliphatic rings. The molecule has 0 radical (unpaired) electrons. The summed E-state index contributed by atoms with van der Waals surface area (Å²) in [5.41, 5.74) is -0.278. The number of amides is 1. The van der Waals surface area contributed by atoms with Crippen molar-refractivity contribution >= 4 is 25.0 Å². The average Bonchev–Trinajstić information content (AvgIpc) is 3.06. The van der Waals surface area contributed by atoms with Gasteiger partial charge in [-0.1, -0.05) is 0 Å². The van der Waals surface area contributed by atoms with E-state index in [9.17, 15) is 14.3 Å². The van der Waals surface area contributed by atoms with Crippen LogP contribution in [0.5, 0.6) is 0 Å². The van der Waals surface area contributed by atoms with E-state index >= 15 is 0 Å². The molecule has 23 heavy (non-hydrogen) atoms. The summed E-state index contributed by atoms with van der Waals surface area (Å²) in [7, 11) is -3.81. The maximum absolute atomic E-state index is 12.5. The van der Waals surface area contributed by atoms with Crippen molar-refractivity contribution in [3.63, 3.8) is 0 Å². The number of thiophene rings is 1. The number of carbonyl (C=O) groups excluding carboxylic acids is 1. The van der Waals surface area contributed by atoms with Crippen LogP contribution in [0.1, 0.15) is 39.2 Å². The molecule has 1 fully saturated rings. The highest BCUT2D eigenvalue weighted by Crippen LogP contribution is 2.55. The fourth-order valence-corrected chi connectivity index (χ4v) is 5.10. The lowest BCUT2D eigenvalue weighted by Gasteiger charge is -2.24. The summed E-state index contributed by atoms with van der Waals surface area (Å²) in [5.74, 6) is -0.226. The zero-order valence-electron chi connectivity index (χ0n) is 13.9. The fourth-order valence-electron chi connectivity index (χ4n) is 2.69. The first-order valence-electron chi connectivity index (χ1n) is 7.61. The van der Waals surface area contributed by atoms with Gasteiger partial charge in [0.15, 0.2) is 0 Å². The van der Waals surface area contributed by atoms with Crippen molar-refractivity contribution in [2.75, 3.05) is 19.7 Å². The molecule has 6 nitrogen and oxygen atoms in total. The van der Waals surface area contributed by atoms with Gasteiger partial charge in [-0.3, -0.25) is 4.57 Å². The highest BCUT2D eigenvalue weighted by Gasteiger charge is 2.47. The van der Waals surface area contributed by atoms with Gasteiger partial charge in [-0.2, -0.15) is 11.3 Å². The number of hydrogen-bond acceptors (Lipinski definition) is 5. The van der Waals surface area contributed by atoms with Crippen LogP contribution in [0, 0.1) is 0 Å². The van der Waals surface area contributed by atoms with Crippen LogP contribution < -0.4 is 0 Å². The van der Waals surface area contributed by atoms with Crippen LogP contribution in [0.2, 0.25) is 0 Å². The van der Waals surface area contributed by atoms with Crippen molar-refractivity contribution in [3.05, 3.63) is 22.4 Å². The van der Waals surface area contributed by atoms with Crippen LogP contribution >= 0.6 is 18.9 Å². The predicted molar refractivity (Wildman–Crippen MR) is 90.1 cm³/mol. The Bertz CT molecular complexity index is 583. The summed E-state index contributed by atoms with van der Waals surface area (Å²) >= 11 is 1.53. The van der Waals surface area contributed by atoms with Gasteiger partial charge in [0.1, 0.15) is 5.60 Å². The van der Waals surface area contributed by atoms with Gasteiger partial charge in [-0.05, 0) is 50.1 Å². The Kier molecular flexibility index (Phi) is 5.56. The Morgan fingerprint density at radius 2 is 2.17 bits per heavy atom. The molecule has 0 aliphatic carbocycles. The van der Waals surface area contributed by atoms with Gasteiger partial charge < -0.3 is 19.1 Å². The molecule has 3 atom stereocenters. The number of ether oxygens (including phenoxy) is 1. The first-order valence-corrected chi connectivity index (χ1v) is 10.2. The average molecular weight is 361 g/mol. The largest absolute Gasteiger partial charge is 0.444 e. The summed E-state index contributed by atoms with van der Waals surface area (Å²) in [5, 5.41) is 3.87. The van der Waals surface area contributed by atoms with Crippen LogP contribution in [0.4, 0.5) is 4.79 Å². The molecular weight excluding hydrogens is 337 g/mol. The van der Waals surface area contributed by atoms with Crippen LogP contribution in [0.25, 0.3) is 0 Å². The van der Waals surface area contributed by atoms with Crippen LogP contribution in [0.3, 0.4) is 0 Å². The molecule has 1 aliphatic heterocycles. The van der Waals surface area contributed by atoms with Gasteiger partial charge >= 0.3 is 13.7 Å². The smallest absolute Gasteiger partial charge is 0.410 e. The third-order valence-corrected chi connectivity index (χ3v) is 6.34. The summed E-state index contributed by atoms with van der Waals surface area (Å²) in [6.45, 7) is 7.75. The second-order valence-electron chi connectivity index (χ2n) is 6.60. The molecule has 1 N–H and O–H groups in total. The summed E-state index contributed by atoms with van der Waals surface area (Å²) in [4.78, 5) is 24.1. The van der Waals surface area contributed by atoms with E-state index in [1.807, 2.05) is 16.8 Å². The lowest BCUT2D eigenvalue weighted by molar-refractivity contribution is 0.0292. The van der Waals surface area contributed by atoms with Crippen molar-refractivity contribution in [2.45, 2.75) is 44.9 Å². The van der Waals surface area contributed by atoms with Gasteiger partial charge in [0.25, 0.3) is 0 Å². The monoisotopic (exact) mass is 361 g/mol. The van der Waals surface area contributed by atoms with E-state index in [1.54, 1.807) is 27.7 Å². The van der Waals surface area contributed by atoms with Crippen molar-refractivity contribution < 1.29 is 23.5 Å². The fraction of sp³-hybridized carbons (Fsp3) is 0.667. The van der Waals surface area contributed by atoms with Crippen molar-refractivity contribution in [3.8, 4) is 0 Å². The topological polar surface area (TPSA) is 76.1 Å². The van der Waals surface area contributed by atoms with Crippen LogP contribution in [-0.2, 0) is 13.8 Å². The third kappa shape index (κ3) is 4.57. The number of hydrogen-bond donors (Lipinski definition) is 1. The molecule has 0 bridgehead atoms. The van der Waals surface area contributed by atoms with Crippen LogP contribution in [-0.4, -0.2) is 46.8 Å². The second kappa shape index (κ2) is 6.93. The Morgan fingerprint density at radius 1 is 1.48 bits per heavy atom. The van der Waals surface area contributed by atoms with Crippen molar-refractivity contribution in [1.82, 2.24) is 4.90 Å². The molecule has 8 heteroatoms. The van der Waals surface area contributed by atoms with Gasteiger partial charge in [0.05, 0.1) is 12.3 Å². The lowest BCUT2D eigenvalue weighted by atomic mass is 10.0. The minimum absolute atomic E-state index is 0.156. The highest BCUT2D eigenvalue weighted by molar-refractivity contribution is 7.53. The van der Waals surface area contributed by atoms with Gasteiger partial charge in [-0.25, -0.2) is 4.79 Å². The molecule has 0 aromatic carbocycles. The highest BCUT2D eigenvalue weighted by atomic mass is 32.1. The van der Waals surface area contributed by atoms with E-state index in [0.29, 0.717) is 6.54 Å². The second-order valence-corrected chi connectivity index (χ2v) is 9.43. The number of likely N-dealkylation sites (tertiary alicyclic amines) is 1. The molecular formula is C15H24NO5PS. The maximum atomic E-state index is 12.5. The minimum Gasteiger partial charge on any atom is -0.444 e. The summed E-state index contributed by atoms with van der Waals surface area (Å²) in [6, 6.07) is 1.92. The molecule has 0 spiro atoms. The molecule has 1 aromatic heterocycles. The molecule has 130 valence electrons. The van der Waals surface area contributed by atoms with E-state index in [2.05, 4.69) is 0 Å². The molecule has 2 heterocycles. The van der Waals surface area contributed by atoms with E-state index in [-0.39, 0.29) is 19.1 Å². The van der Waals surface area contributed by atoms with Gasteiger partial charge in [0, 0.05) is 19.0 Å². The number of rotatable bonds is 4. The Morgan fingerprint density at radius 3 is 2.70 bits per heavy atom. The van der Waals surface area contributed by atoms with Crippen molar-refractivity contribution in [1.29, 1.82) is 0 Å². The Balaban J connectivity index is 2.22. The first kappa shape index (κ1) is 18.5. The zero-order valence-corrected chi connectivity index (χ0v) is 15.6. The van der Waals surface area contributed by atoms with E-state index in [4.69, 9.17) is 9.26 Å². The normalized spacial score (nSPS) is 24.5. The number of carbonyl (C=O) groups is 1. The quantitative estimate of drug-likeness (QED) is 0.828. The van der Waals surface area contributed by atoms with Gasteiger partial charge in [0.2, 0.25) is 0 Å².